The van der Waals surface area contributed by atoms with Crippen molar-refractivity contribution >= 4 is 23.4 Å². The van der Waals surface area contributed by atoms with Crippen LogP contribution in [0.5, 0.6) is 0 Å². The van der Waals surface area contributed by atoms with Gasteiger partial charge in [0.05, 0.1) is 17.4 Å². The zero-order chi connectivity index (χ0) is 19.8. The van der Waals surface area contributed by atoms with Gasteiger partial charge in [-0.1, -0.05) is 29.1 Å². The minimum Gasteiger partial charge on any atom is -0.332 e. The summed E-state index contributed by atoms with van der Waals surface area (Å²) >= 11 is 1.57. The Morgan fingerprint density at radius 2 is 2.00 bits per heavy atom. The van der Waals surface area contributed by atoms with Crippen LogP contribution >= 0.6 is 11.8 Å². The maximum Gasteiger partial charge on any atom is 0.278 e. The summed E-state index contributed by atoms with van der Waals surface area (Å²) in [6.45, 7) is 2.56. The van der Waals surface area contributed by atoms with Crippen molar-refractivity contribution in [3.63, 3.8) is 0 Å². The van der Waals surface area contributed by atoms with Crippen LogP contribution in [-0.2, 0) is 0 Å². The van der Waals surface area contributed by atoms with Crippen molar-refractivity contribution in [2.75, 3.05) is 11.4 Å². The fourth-order valence-electron chi connectivity index (χ4n) is 3.23. The van der Waals surface area contributed by atoms with Gasteiger partial charge in [0.25, 0.3) is 11.8 Å². The number of nitrogens with zero attached hydrogens (tertiary/aromatic N) is 5. The Balaban J connectivity index is 1.58. The van der Waals surface area contributed by atoms with Crippen molar-refractivity contribution in [1.29, 1.82) is 0 Å². The second-order valence-electron chi connectivity index (χ2n) is 6.34. The molecule has 0 saturated carbocycles. The van der Waals surface area contributed by atoms with E-state index in [-0.39, 0.29) is 5.91 Å². The fraction of sp³-hybridized carbons (Fsp3) is 0.0952. The Bertz CT molecular complexity index is 1210. The number of hydrogen-bond donors (Lipinski definition) is 0. The Hall–Kier alpha value is -3.52. The summed E-state index contributed by atoms with van der Waals surface area (Å²) in [5.74, 6) is 0.777. The van der Waals surface area contributed by atoms with E-state index in [9.17, 15) is 4.79 Å². The molecule has 29 heavy (non-hydrogen) atoms. The molecule has 0 aliphatic carbocycles. The van der Waals surface area contributed by atoms with Gasteiger partial charge in [0.1, 0.15) is 5.69 Å². The highest BCUT2D eigenvalue weighted by Gasteiger charge is 2.26. The van der Waals surface area contributed by atoms with Crippen molar-refractivity contribution in [2.24, 2.45) is 0 Å². The van der Waals surface area contributed by atoms with Gasteiger partial charge in [-0.2, -0.15) is 4.98 Å². The van der Waals surface area contributed by atoms with Gasteiger partial charge in [0, 0.05) is 34.3 Å². The van der Waals surface area contributed by atoms with E-state index in [0.29, 0.717) is 29.5 Å². The molecule has 3 heterocycles. The zero-order valence-electron chi connectivity index (χ0n) is 15.4. The lowest BCUT2D eigenvalue weighted by Gasteiger charge is -2.21. The first-order valence-corrected chi connectivity index (χ1v) is 9.89. The monoisotopic (exact) mass is 401 g/mol. The minimum absolute atomic E-state index is 0.00611. The average molecular weight is 401 g/mol. The Kier molecular flexibility index (Phi) is 4.33. The van der Waals surface area contributed by atoms with Gasteiger partial charge >= 0.3 is 0 Å². The predicted molar refractivity (Wildman–Crippen MR) is 109 cm³/mol. The molecule has 8 heteroatoms. The third-order valence-electron chi connectivity index (χ3n) is 4.62. The van der Waals surface area contributed by atoms with Crippen LogP contribution in [0.25, 0.3) is 23.0 Å². The number of fused-ring (bicyclic) bond motifs is 2. The average Bonchev–Trinajstić information content (AvgIpc) is 3.22. The molecule has 0 N–H and O–H groups in total. The van der Waals surface area contributed by atoms with Gasteiger partial charge in [-0.3, -0.25) is 9.78 Å². The van der Waals surface area contributed by atoms with E-state index in [1.807, 2.05) is 49.4 Å². The zero-order valence-corrected chi connectivity index (χ0v) is 16.3. The highest BCUT2D eigenvalue weighted by atomic mass is 32.2. The van der Waals surface area contributed by atoms with Crippen LogP contribution in [0, 0.1) is 0 Å². The van der Waals surface area contributed by atoms with Crippen molar-refractivity contribution in [2.45, 2.75) is 16.7 Å². The molecule has 0 spiro atoms. The van der Waals surface area contributed by atoms with Crippen LogP contribution in [0.2, 0.25) is 0 Å². The van der Waals surface area contributed by atoms with E-state index in [2.05, 4.69) is 20.1 Å². The first-order chi connectivity index (χ1) is 14.2. The van der Waals surface area contributed by atoms with Crippen LogP contribution in [0.3, 0.4) is 0 Å². The second-order valence-corrected chi connectivity index (χ2v) is 7.43. The minimum atomic E-state index is 0.00611. The van der Waals surface area contributed by atoms with Crippen molar-refractivity contribution in [1.82, 2.24) is 20.1 Å². The van der Waals surface area contributed by atoms with E-state index in [0.717, 1.165) is 21.0 Å². The first kappa shape index (κ1) is 17.6. The molecular formula is C21H15N5O2S. The number of aromatic nitrogens is 4. The lowest BCUT2D eigenvalue weighted by Crippen LogP contribution is -2.30. The van der Waals surface area contributed by atoms with Crippen molar-refractivity contribution in [3.05, 3.63) is 66.6 Å². The van der Waals surface area contributed by atoms with Crippen LogP contribution in [0.1, 0.15) is 17.3 Å². The van der Waals surface area contributed by atoms with E-state index in [1.165, 1.54) is 0 Å². The largest absolute Gasteiger partial charge is 0.332 e. The predicted octanol–water partition coefficient (Wildman–Crippen LogP) is 4.32. The van der Waals surface area contributed by atoms with Crippen LogP contribution in [0.15, 0.2) is 75.4 Å². The summed E-state index contributed by atoms with van der Waals surface area (Å²) in [6.07, 6.45) is 4.74. The summed E-state index contributed by atoms with van der Waals surface area (Å²) < 4.78 is 5.35. The molecule has 0 saturated heterocycles. The van der Waals surface area contributed by atoms with Gasteiger partial charge in [0.2, 0.25) is 5.82 Å². The van der Waals surface area contributed by atoms with E-state index < -0.39 is 0 Å². The smallest absolute Gasteiger partial charge is 0.278 e. The molecule has 0 unspecified atom stereocenters. The molecule has 2 aromatic heterocycles. The molecule has 142 valence electrons. The number of anilines is 1. The molecule has 2 aromatic carbocycles. The molecule has 5 rings (SSSR count). The highest BCUT2D eigenvalue weighted by Crippen LogP contribution is 2.42. The quantitative estimate of drug-likeness (QED) is 0.505. The number of benzene rings is 2. The summed E-state index contributed by atoms with van der Waals surface area (Å²) in [5, 5.41) is 4.09. The Labute approximate surface area is 170 Å². The normalized spacial score (nSPS) is 13.0. The lowest BCUT2D eigenvalue weighted by atomic mass is 10.1. The third-order valence-corrected chi connectivity index (χ3v) is 5.74. The summed E-state index contributed by atoms with van der Waals surface area (Å²) in [4.78, 5) is 29.4. The van der Waals surface area contributed by atoms with Gasteiger partial charge in [-0.25, -0.2) is 4.98 Å². The number of carbonyl (C=O) groups is 1. The number of amides is 1. The van der Waals surface area contributed by atoms with Gasteiger partial charge in [-0.05, 0) is 37.3 Å². The Morgan fingerprint density at radius 1 is 1.10 bits per heavy atom. The van der Waals surface area contributed by atoms with Gasteiger partial charge < -0.3 is 9.42 Å². The SMILES string of the molecule is CCN1C(=O)c2ccccc2Sc2cc(-c3noc(-c4cnccn4)n3)ccc21. The van der Waals surface area contributed by atoms with Crippen molar-refractivity contribution in [3.8, 4) is 23.0 Å². The number of hydrogen-bond acceptors (Lipinski definition) is 7. The summed E-state index contributed by atoms with van der Waals surface area (Å²) in [6, 6.07) is 13.5. The second kappa shape index (κ2) is 7.14. The van der Waals surface area contributed by atoms with Gasteiger partial charge in [-0.15, -0.1) is 0 Å². The highest BCUT2D eigenvalue weighted by molar-refractivity contribution is 7.99. The molecule has 7 nitrogen and oxygen atoms in total. The Morgan fingerprint density at radius 3 is 2.83 bits per heavy atom. The topological polar surface area (TPSA) is 85.0 Å². The number of rotatable bonds is 3. The molecule has 4 aromatic rings. The number of carbonyl (C=O) groups excluding carboxylic acids is 1. The maximum absolute atomic E-state index is 13.0. The van der Waals surface area contributed by atoms with E-state index in [1.54, 1.807) is 35.3 Å². The first-order valence-electron chi connectivity index (χ1n) is 9.08. The molecule has 0 fully saturated rings. The third kappa shape index (κ3) is 3.07. The molecule has 1 aliphatic heterocycles. The molecule has 0 radical (unpaired) electrons. The van der Waals surface area contributed by atoms with Gasteiger partial charge in [0.15, 0.2) is 0 Å². The van der Waals surface area contributed by atoms with Crippen LogP contribution < -0.4 is 4.90 Å². The molecule has 0 bridgehead atoms. The van der Waals surface area contributed by atoms with Crippen LogP contribution in [-0.4, -0.2) is 32.6 Å². The van der Waals surface area contributed by atoms with E-state index in [4.69, 9.17) is 4.52 Å². The fourth-order valence-corrected chi connectivity index (χ4v) is 4.35. The van der Waals surface area contributed by atoms with Crippen LogP contribution in [0.4, 0.5) is 5.69 Å². The summed E-state index contributed by atoms with van der Waals surface area (Å²) in [7, 11) is 0. The molecule has 1 aliphatic rings. The lowest BCUT2D eigenvalue weighted by molar-refractivity contribution is 0.0985. The van der Waals surface area contributed by atoms with Crippen molar-refractivity contribution < 1.29 is 9.32 Å². The van der Waals surface area contributed by atoms with E-state index >= 15 is 0 Å². The summed E-state index contributed by atoms with van der Waals surface area (Å²) in [5.41, 5.74) is 2.91. The molecular weight excluding hydrogens is 386 g/mol. The molecule has 1 amide bonds. The standard InChI is InChI=1S/C21H15N5O2S/c1-2-26-16-8-7-13(19-24-20(28-25-19)15-12-22-9-10-23-15)11-18(16)29-17-6-4-3-5-14(17)21(26)27/h3-12H,2H2,1H3. The molecule has 0 atom stereocenters. The maximum atomic E-state index is 13.0.